The van der Waals surface area contributed by atoms with E-state index in [-0.39, 0.29) is 5.97 Å². The summed E-state index contributed by atoms with van der Waals surface area (Å²) >= 11 is 1.64. The molecule has 5 heteroatoms. The lowest BCUT2D eigenvalue weighted by molar-refractivity contribution is -0.155. The molecule has 0 aromatic carbocycles. The zero-order valence-corrected chi connectivity index (χ0v) is 12.9. The summed E-state index contributed by atoms with van der Waals surface area (Å²) in [4.78, 5) is 17.7. The molecule has 0 bridgehead atoms. The molecule has 19 heavy (non-hydrogen) atoms. The number of rotatable bonds is 8. The summed E-state index contributed by atoms with van der Waals surface area (Å²) in [7, 11) is 0. The topological polar surface area (TPSA) is 65.2 Å². The molecule has 0 amide bonds. The highest BCUT2D eigenvalue weighted by Gasteiger charge is 2.37. The maximum atomic E-state index is 12.2. The largest absolute Gasteiger partial charge is 0.466 e. The second-order valence-electron chi connectivity index (χ2n) is 4.82. The van der Waals surface area contributed by atoms with Crippen molar-refractivity contribution in [2.24, 2.45) is 11.1 Å². The van der Waals surface area contributed by atoms with Gasteiger partial charge in [-0.25, -0.2) is 4.98 Å². The Kier molecular flexibility index (Phi) is 6.45. The minimum atomic E-state index is -0.540. The van der Waals surface area contributed by atoms with Gasteiger partial charge in [-0.3, -0.25) is 4.79 Å². The number of nitrogens with zero attached hydrogens (tertiary/aromatic N) is 1. The van der Waals surface area contributed by atoms with Crippen LogP contribution in [0.1, 0.15) is 43.7 Å². The molecular weight excluding hydrogens is 260 g/mol. The number of carbonyl (C=O) groups is 1. The number of ether oxygens (including phenoxy) is 1. The maximum Gasteiger partial charge on any atom is 0.313 e. The second kappa shape index (κ2) is 7.60. The van der Waals surface area contributed by atoms with Crippen LogP contribution in [0.4, 0.5) is 0 Å². The highest BCUT2D eigenvalue weighted by Crippen LogP contribution is 2.32. The molecule has 0 saturated heterocycles. The van der Waals surface area contributed by atoms with Gasteiger partial charge in [-0.1, -0.05) is 13.3 Å². The molecule has 0 fully saturated rings. The first-order valence-corrected chi connectivity index (χ1v) is 7.73. The third-order valence-electron chi connectivity index (χ3n) is 3.50. The summed E-state index contributed by atoms with van der Waals surface area (Å²) in [5, 5.41) is 0. The van der Waals surface area contributed by atoms with Crippen molar-refractivity contribution in [2.45, 2.75) is 46.5 Å². The summed E-state index contributed by atoms with van der Waals surface area (Å²) in [6.07, 6.45) is 3.28. The first-order chi connectivity index (χ1) is 9.09. The van der Waals surface area contributed by atoms with E-state index in [0.29, 0.717) is 13.2 Å². The van der Waals surface area contributed by atoms with Gasteiger partial charge in [0.15, 0.2) is 0 Å². The van der Waals surface area contributed by atoms with Crippen LogP contribution in [-0.2, 0) is 16.0 Å². The van der Waals surface area contributed by atoms with Crippen molar-refractivity contribution in [3.63, 3.8) is 0 Å². The van der Waals surface area contributed by atoms with Crippen molar-refractivity contribution < 1.29 is 9.53 Å². The smallest absolute Gasteiger partial charge is 0.313 e. The van der Waals surface area contributed by atoms with Crippen molar-refractivity contribution in [1.82, 2.24) is 4.98 Å². The summed E-state index contributed by atoms with van der Waals surface area (Å²) in [6.45, 7) is 6.65. The standard InChI is InChI=1S/C14H24N2O2S/c1-4-7-14(9-15,13(17)18-5-2)8-6-12-11(3)16-10-19-12/h10H,4-9,15H2,1-3H3. The molecule has 108 valence electrons. The molecule has 1 rings (SSSR count). The van der Waals surface area contributed by atoms with E-state index >= 15 is 0 Å². The lowest BCUT2D eigenvalue weighted by Crippen LogP contribution is -2.40. The first kappa shape index (κ1) is 16.1. The average molecular weight is 284 g/mol. The van der Waals surface area contributed by atoms with Gasteiger partial charge in [-0.05, 0) is 33.1 Å². The van der Waals surface area contributed by atoms with E-state index < -0.39 is 5.41 Å². The van der Waals surface area contributed by atoms with E-state index in [2.05, 4.69) is 11.9 Å². The Bertz CT molecular complexity index is 406. The SMILES string of the molecule is CCCC(CN)(CCc1scnc1C)C(=O)OCC. The molecule has 0 aliphatic carbocycles. The van der Waals surface area contributed by atoms with Gasteiger partial charge >= 0.3 is 5.97 Å². The fourth-order valence-electron chi connectivity index (χ4n) is 2.30. The third-order valence-corrected chi connectivity index (χ3v) is 4.50. The molecule has 1 heterocycles. The van der Waals surface area contributed by atoms with Crippen molar-refractivity contribution >= 4 is 17.3 Å². The molecule has 0 spiro atoms. The molecule has 1 unspecified atom stereocenters. The van der Waals surface area contributed by atoms with E-state index in [4.69, 9.17) is 10.5 Å². The van der Waals surface area contributed by atoms with Gasteiger partial charge in [0.2, 0.25) is 0 Å². The molecule has 0 aliphatic heterocycles. The van der Waals surface area contributed by atoms with Crippen molar-refractivity contribution in [3.05, 3.63) is 16.1 Å². The summed E-state index contributed by atoms with van der Waals surface area (Å²) in [6, 6.07) is 0. The van der Waals surface area contributed by atoms with Crippen LogP contribution >= 0.6 is 11.3 Å². The van der Waals surface area contributed by atoms with Gasteiger partial charge < -0.3 is 10.5 Å². The van der Waals surface area contributed by atoms with Gasteiger partial charge in [0.25, 0.3) is 0 Å². The van der Waals surface area contributed by atoms with Crippen LogP contribution in [-0.4, -0.2) is 24.1 Å². The van der Waals surface area contributed by atoms with Crippen LogP contribution in [0.2, 0.25) is 0 Å². The molecule has 1 aromatic rings. The minimum absolute atomic E-state index is 0.151. The number of esters is 1. The fourth-order valence-corrected chi connectivity index (χ4v) is 3.08. The fraction of sp³-hybridized carbons (Fsp3) is 0.714. The molecule has 1 atom stereocenters. The van der Waals surface area contributed by atoms with Crippen LogP contribution in [0, 0.1) is 12.3 Å². The third kappa shape index (κ3) is 4.01. The Morgan fingerprint density at radius 3 is 2.68 bits per heavy atom. The summed E-state index contributed by atoms with van der Waals surface area (Å²) < 4.78 is 5.22. The molecular formula is C14H24N2O2S. The van der Waals surface area contributed by atoms with Gasteiger partial charge in [-0.2, -0.15) is 0 Å². The highest BCUT2D eigenvalue weighted by atomic mass is 32.1. The van der Waals surface area contributed by atoms with Crippen LogP contribution in [0.5, 0.6) is 0 Å². The Morgan fingerprint density at radius 1 is 1.47 bits per heavy atom. The Labute approximate surface area is 119 Å². The van der Waals surface area contributed by atoms with Crippen LogP contribution in [0.3, 0.4) is 0 Å². The predicted molar refractivity (Wildman–Crippen MR) is 78.2 cm³/mol. The summed E-state index contributed by atoms with van der Waals surface area (Å²) in [5.41, 5.74) is 8.25. The Hall–Kier alpha value is -0.940. The molecule has 2 N–H and O–H groups in total. The Balaban J connectivity index is 2.78. The van der Waals surface area contributed by atoms with E-state index in [1.165, 1.54) is 4.88 Å². The Morgan fingerprint density at radius 2 is 2.21 bits per heavy atom. The lowest BCUT2D eigenvalue weighted by atomic mass is 9.79. The second-order valence-corrected chi connectivity index (χ2v) is 5.76. The van der Waals surface area contributed by atoms with Gasteiger partial charge in [-0.15, -0.1) is 11.3 Å². The van der Waals surface area contributed by atoms with Gasteiger partial charge in [0.1, 0.15) is 0 Å². The number of thiazole rings is 1. The molecule has 4 nitrogen and oxygen atoms in total. The summed E-state index contributed by atoms with van der Waals surface area (Å²) in [5.74, 6) is -0.151. The van der Waals surface area contributed by atoms with Crippen LogP contribution < -0.4 is 5.73 Å². The van der Waals surface area contributed by atoms with Crippen molar-refractivity contribution in [1.29, 1.82) is 0 Å². The molecule has 1 aromatic heterocycles. The van der Waals surface area contributed by atoms with Crippen LogP contribution in [0.25, 0.3) is 0 Å². The predicted octanol–water partition coefficient (Wildman–Crippen LogP) is 2.69. The number of hydrogen-bond donors (Lipinski definition) is 1. The average Bonchev–Trinajstić information content (AvgIpc) is 2.80. The van der Waals surface area contributed by atoms with E-state index in [1.807, 2.05) is 19.4 Å². The monoisotopic (exact) mass is 284 g/mol. The van der Waals surface area contributed by atoms with Crippen LogP contribution in [0.15, 0.2) is 5.51 Å². The zero-order chi connectivity index (χ0) is 14.3. The quantitative estimate of drug-likeness (QED) is 0.745. The number of aryl methyl sites for hydroxylation is 2. The van der Waals surface area contributed by atoms with E-state index in [1.54, 1.807) is 11.3 Å². The van der Waals surface area contributed by atoms with Gasteiger partial charge in [0.05, 0.1) is 23.2 Å². The minimum Gasteiger partial charge on any atom is -0.466 e. The number of nitrogens with two attached hydrogens (primary N) is 1. The molecule has 0 radical (unpaired) electrons. The van der Waals surface area contributed by atoms with E-state index in [0.717, 1.165) is 31.4 Å². The van der Waals surface area contributed by atoms with E-state index in [9.17, 15) is 4.79 Å². The molecule has 0 saturated carbocycles. The number of hydrogen-bond acceptors (Lipinski definition) is 5. The van der Waals surface area contributed by atoms with Gasteiger partial charge in [0, 0.05) is 11.4 Å². The maximum absolute atomic E-state index is 12.2. The number of carbonyl (C=O) groups excluding carboxylic acids is 1. The lowest BCUT2D eigenvalue weighted by Gasteiger charge is -2.29. The highest BCUT2D eigenvalue weighted by molar-refractivity contribution is 7.09. The normalized spacial score (nSPS) is 14.1. The van der Waals surface area contributed by atoms with Crippen molar-refractivity contribution in [2.75, 3.05) is 13.2 Å². The number of aromatic nitrogens is 1. The van der Waals surface area contributed by atoms with Crippen molar-refractivity contribution in [3.8, 4) is 0 Å². The first-order valence-electron chi connectivity index (χ1n) is 6.86. The zero-order valence-electron chi connectivity index (χ0n) is 12.1. The molecule has 0 aliphatic rings.